The lowest BCUT2D eigenvalue weighted by molar-refractivity contribution is 0.102. The molecular weight excluding hydrogens is 538 g/mol. The van der Waals surface area contributed by atoms with Gasteiger partial charge in [0.1, 0.15) is 10.7 Å². The van der Waals surface area contributed by atoms with Gasteiger partial charge in [-0.2, -0.15) is 9.40 Å². The number of carbonyl (C=O) groups excluding carboxylic acids is 1. The second kappa shape index (κ2) is 10.4. The first-order chi connectivity index (χ1) is 16.6. The molecule has 0 bridgehead atoms. The average Bonchev–Trinajstić information content (AvgIpc) is 3.15. The van der Waals surface area contributed by atoms with E-state index in [1.807, 2.05) is 0 Å². The van der Waals surface area contributed by atoms with E-state index in [0.717, 1.165) is 19.3 Å². The molecule has 1 saturated heterocycles. The zero-order chi connectivity index (χ0) is 25.3. The number of benzene rings is 2. The number of amides is 1. The SMILES string of the molecule is Cc1cc(NC(=O)c2cc(S(=O)(=O)N3CCCCC3)c(Cl)cc2Cl)nn1Cc1c(F)cccc1Cl. The van der Waals surface area contributed by atoms with Gasteiger partial charge in [0, 0.05) is 35.4 Å². The topological polar surface area (TPSA) is 84.3 Å². The fraction of sp³-hybridized carbons (Fsp3) is 0.304. The van der Waals surface area contributed by atoms with Crippen LogP contribution in [0.25, 0.3) is 0 Å². The van der Waals surface area contributed by atoms with E-state index in [9.17, 15) is 17.6 Å². The van der Waals surface area contributed by atoms with E-state index in [1.54, 1.807) is 19.1 Å². The van der Waals surface area contributed by atoms with Gasteiger partial charge in [0.15, 0.2) is 5.82 Å². The first kappa shape index (κ1) is 25.9. The normalized spacial score (nSPS) is 14.8. The van der Waals surface area contributed by atoms with Crippen molar-refractivity contribution >= 4 is 56.6 Å². The number of rotatable bonds is 6. The molecule has 0 unspecified atom stereocenters. The van der Waals surface area contributed by atoms with Gasteiger partial charge in [0.2, 0.25) is 10.0 Å². The Morgan fingerprint density at radius 3 is 2.46 bits per heavy atom. The lowest BCUT2D eigenvalue weighted by Crippen LogP contribution is -2.35. The van der Waals surface area contributed by atoms with Gasteiger partial charge in [-0.05, 0) is 44.0 Å². The van der Waals surface area contributed by atoms with Gasteiger partial charge in [-0.25, -0.2) is 12.8 Å². The number of hydrogen-bond donors (Lipinski definition) is 1. The molecule has 0 atom stereocenters. The summed E-state index contributed by atoms with van der Waals surface area (Å²) in [6.45, 7) is 2.60. The smallest absolute Gasteiger partial charge is 0.258 e. The predicted octanol–water partition coefficient (Wildman–Crippen LogP) is 5.77. The van der Waals surface area contributed by atoms with Crippen LogP contribution < -0.4 is 5.32 Å². The molecule has 7 nitrogen and oxygen atoms in total. The van der Waals surface area contributed by atoms with Crippen molar-refractivity contribution in [1.29, 1.82) is 0 Å². The molecule has 186 valence electrons. The summed E-state index contributed by atoms with van der Waals surface area (Å²) in [5.74, 6) is -0.935. The van der Waals surface area contributed by atoms with E-state index in [-0.39, 0.29) is 43.5 Å². The molecule has 1 N–H and O–H groups in total. The van der Waals surface area contributed by atoms with E-state index in [2.05, 4.69) is 10.4 Å². The van der Waals surface area contributed by atoms with Crippen molar-refractivity contribution in [3.8, 4) is 0 Å². The number of halogens is 4. The van der Waals surface area contributed by atoms with Crippen LogP contribution in [0.2, 0.25) is 15.1 Å². The Morgan fingerprint density at radius 1 is 1.06 bits per heavy atom. The van der Waals surface area contributed by atoms with Gasteiger partial charge in [-0.3, -0.25) is 9.48 Å². The van der Waals surface area contributed by atoms with Gasteiger partial charge in [-0.1, -0.05) is 47.3 Å². The van der Waals surface area contributed by atoms with E-state index < -0.39 is 21.7 Å². The van der Waals surface area contributed by atoms with Crippen molar-refractivity contribution in [2.45, 2.75) is 37.6 Å². The highest BCUT2D eigenvalue weighted by Crippen LogP contribution is 2.32. The molecule has 35 heavy (non-hydrogen) atoms. The Kier molecular flexibility index (Phi) is 7.73. The highest BCUT2D eigenvalue weighted by Gasteiger charge is 2.30. The van der Waals surface area contributed by atoms with E-state index in [1.165, 1.54) is 33.3 Å². The number of hydrogen-bond acceptors (Lipinski definition) is 4. The third kappa shape index (κ3) is 5.49. The van der Waals surface area contributed by atoms with Crippen molar-refractivity contribution in [3.63, 3.8) is 0 Å². The second-order valence-corrected chi connectivity index (χ2v) is 11.3. The molecule has 2 aromatic carbocycles. The number of aryl methyl sites for hydroxylation is 1. The maximum atomic E-state index is 14.2. The van der Waals surface area contributed by atoms with Crippen LogP contribution in [0.1, 0.15) is 40.9 Å². The van der Waals surface area contributed by atoms with Crippen LogP contribution >= 0.6 is 34.8 Å². The molecule has 3 aromatic rings. The Bertz CT molecular complexity index is 1370. The molecule has 4 rings (SSSR count). The second-order valence-electron chi connectivity index (χ2n) is 8.21. The number of nitrogens with zero attached hydrogens (tertiary/aromatic N) is 3. The molecule has 0 radical (unpaired) electrons. The standard InChI is InChI=1S/C23H22Cl3FN4O3S/c1-14-10-22(29-31(14)13-16-17(24)6-5-7-20(16)27)28-23(32)15-11-21(19(26)12-18(15)25)35(33,34)30-8-3-2-4-9-30/h5-7,10-12H,2-4,8-9,13H2,1H3,(H,28,29,32). The van der Waals surface area contributed by atoms with Crippen molar-refractivity contribution in [3.05, 3.63) is 74.1 Å². The molecular formula is C23H22Cl3FN4O3S. The third-order valence-corrected chi connectivity index (χ3v) is 8.82. The third-order valence-electron chi connectivity index (χ3n) is 5.79. The Balaban J connectivity index is 1.59. The Morgan fingerprint density at radius 2 is 1.77 bits per heavy atom. The fourth-order valence-corrected chi connectivity index (χ4v) is 6.47. The highest BCUT2D eigenvalue weighted by molar-refractivity contribution is 7.89. The molecule has 1 aliphatic rings. The monoisotopic (exact) mass is 558 g/mol. The van der Waals surface area contributed by atoms with Gasteiger partial charge in [0.25, 0.3) is 5.91 Å². The van der Waals surface area contributed by atoms with Crippen LogP contribution in [0.3, 0.4) is 0 Å². The van der Waals surface area contributed by atoms with Gasteiger partial charge in [0.05, 0.1) is 22.2 Å². The summed E-state index contributed by atoms with van der Waals surface area (Å²) in [6.07, 6.45) is 2.49. The molecule has 0 aliphatic carbocycles. The van der Waals surface area contributed by atoms with Gasteiger partial charge < -0.3 is 5.32 Å². The van der Waals surface area contributed by atoms with Gasteiger partial charge >= 0.3 is 0 Å². The summed E-state index contributed by atoms with van der Waals surface area (Å²) in [7, 11) is -3.89. The number of carbonyl (C=O) groups is 1. The van der Waals surface area contributed by atoms with Crippen molar-refractivity contribution < 1.29 is 17.6 Å². The molecule has 1 aliphatic heterocycles. The quantitative estimate of drug-likeness (QED) is 0.416. The summed E-state index contributed by atoms with van der Waals surface area (Å²) in [4.78, 5) is 12.8. The first-order valence-electron chi connectivity index (χ1n) is 10.9. The Labute approximate surface area is 217 Å². The van der Waals surface area contributed by atoms with Crippen LogP contribution in [0.4, 0.5) is 10.2 Å². The summed E-state index contributed by atoms with van der Waals surface area (Å²) in [6, 6.07) is 8.44. The molecule has 12 heteroatoms. The lowest BCUT2D eigenvalue weighted by Gasteiger charge is -2.26. The maximum Gasteiger partial charge on any atom is 0.258 e. The summed E-state index contributed by atoms with van der Waals surface area (Å²) in [5, 5.41) is 7.14. The minimum Gasteiger partial charge on any atom is -0.305 e. The average molecular weight is 560 g/mol. The van der Waals surface area contributed by atoms with Crippen LogP contribution in [-0.2, 0) is 16.6 Å². The minimum absolute atomic E-state index is 0.000567. The van der Waals surface area contributed by atoms with E-state index >= 15 is 0 Å². The summed E-state index contributed by atoms with van der Waals surface area (Å²) in [5.41, 5.74) is 0.859. The van der Waals surface area contributed by atoms with E-state index in [4.69, 9.17) is 34.8 Å². The fourth-order valence-electron chi connectivity index (χ4n) is 3.89. The van der Waals surface area contributed by atoms with Crippen molar-refractivity contribution in [2.75, 3.05) is 18.4 Å². The predicted molar refractivity (Wildman–Crippen MR) is 135 cm³/mol. The van der Waals surface area contributed by atoms with Crippen molar-refractivity contribution in [2.24, 2.45) is 0 Å². The first-order valence-corrected chi connectivity index (χ1v) is 13.4. The molecule has 1 aromatic heterocycles. The number of piperidine rings is 1. The molecule has 1 amide bonds. The Hall–Kier alpha value is -2.17. The van der Waals surface area contributed by atoms with Crippen molar-refractivity contribution in [1.82, 2.24) is 14.1 Å². The largest absolute Gasteiger partial charge is 0.305 e. The van der Waals surface area contributed by atoms with Gasteiger partial charge in [-0.15, -0.1) is 0 Å². The number of nitrogens with one attached hydrogen (secondary N) is 1. The highest BCUT2D eigenvalue weighted by atomic mass is 35.5. The lowest BCUT2D eigenvalue weighted by atomic mass is 10.2. The minimum atomic E-state index is -3.89. The molecule has 0 saturated carbocycles. The zero-order valence-electron chi connectivity index (χ0n) is 18.7. The van der Waals surface area contributed by atoms with E-state index in [0.29, 0.717) is 18.8 Å². The summed E-state index contributed by atoms with van der Waals surface area (Å²) < 4.78 is 43.3. The molecule has 0 spiro atoms. The van der Waals surface area contributed by atoms with Crippen LogP contribution in [0.15, 0.2) is 41.3 Å². The van der Waals surface area contributed by atoms with Crippen LogP contribution in [0.5, 0.6) is 0 Å². The molecule has 2 heterocycles. The summed E-state index contributed by atoms with van der Waals surface area (Å²) >= 11 is 18.6. The van der Waals surface area contributed by atoms with Crippen LogP contribution in [-0.4, -0.2) is 41.5 Å². The zero-order valence-corrected chi connectivity index (χ0v) is 21.8. The number of anilines is 1. The van der Waals surface area contributed by atoms with Crippen LogP contribution in [0, 0.1) is 12.7 Å². The number of aromatic nitrogens is 2. The maximum absolute atomic E-state index is 14.2. The number of sulfonamides is 1. The molecule has 1 fully saturated rings.